The van der Waals surface area contributed by atoms with E-state index in [1.807, 2.05) is 35.9 Å². The summed E-state index contributed by atoms with van der Waals surface area (Å²) >= 11 is 0. The molecule has 0 radical (unpaired) electrons. The predicted octanol–water partition coefficient (Wildman–Crippen LogP) is 5.99. The number of fused-ring (bicyclic) bond motifs is 3. The maximum atomic E-state index is 5.02. The molecule has 6 rings (SSSR count). The smallest absolute Gasteiger partial charge is 0.151 e. The number of hydrogen-bond donors (Lipinski definition) is 1. The van der Waals surface area contributed by atoms with Crippen LogP contribution < -0.4 is 5.32 Å². The van der Waals surface area contributed by atoms with Gasteiger partial charge >= 0.3 is 0 Å². The first-order valence-corrected chi connectivity index (χ1v) is 10.8. The summed E-state index contributed by atoms with van der Waals surface area (Å²) in [6, 6.07) is 29.2. The summed E-state index contributed by atoms with van der Waals surface area (Å²) in [4.78, 5) is 0. The molecule has 1 aliphatic rings. The lowest BCUT2D eigenvalue weighted by atomic mass is 9.99. The Morgan fingerprint density at radius 1 is 0.812 bits per heavy atom. The number of nitrogens with one attached hydrogen (secondary N) is 1. The summed E-state index contributed by atoms with van der Waals surface area (Å²) in [5, 5.41) is 13.7. The lowest BCUT2D eigenvalue weighted by Crippen LogP contribution is -2.26. The molecule has 1 atom stereocenters. The highest BCUT2D eigenvalue weighted by Crippen LogP contribution is 2.42. The van der Waals surface area contributed by atoms with E-state index in [4.69, 9.17) is 10.2 Å². The Hall–Kier alpha value is -4.12. The van der Waals surface area contributed by atoms with Crippen LogP contribution in [0.2, 0.25) is 0 Å². The Bertz CT molecular complexity index is 1410. The number of anilines is 1. The molecule has 0 spiro atoms. The molecule has 0 fully saturated rings. The fraction of sp³-hybridized carbons (Fsp3) is 0.111. The summed E-state index contributed by atoms with van der Waals surface area (Å²) in [6.07, 6.45) is 1.96. The van der Waals surface area contributed by atoms with Crippen LogP contribution >= 0.6 is 0 Å². The Labute approximate surface area is 187 Å². The quantitative estimate of drug-likeness (QED) is 0.392. The molecule has 156 valence electrons. The van der Waals surface area contributed by atoms with Crippen LogP contribution in [0.4, 0.5) is 5.69 Å². The lowest BCUT2D eigenvalue weighted by molar-refractivity contribution is 0.571. The van der Waals surface area contributed by atoms with Crippen LogP contribution in [-0.4, -0.2) is 19.6 Å². The van der Waals surface area contributed by atoms with Crippen LogP contribution in [0, 0.1) is 13.8 Å². The van der Waals surface area contributed by atoms with Gasteiger partial charge in [-0.15, -0.1) is 0 Å². The molecule has 0 aliphatic carbocycles. The van der Waals surface area contributed by atoms with Crippen molar-refractivity contribution >= 4 is 5.69 Å². The Kier molecular flexibility index (Phi) is 4.21. The summed E-state index contributed by atoms with van der Waals surface area (Å²) in [6.45, 7) is 4.19. The van der Waals surface area contributed by atoms with Crippen molar-refractivity contribution in [3.8, 4) is 28.2 Å². The molecule has 5 heteroatoms. The van der Waals surface area contributed by atoms with E-state index in [-0.39, 0.29) is 6.17 Å². The summed E-state index contributed by atoms with van der Waals surface area (Å²) in [5.74, 6) is 0. The molecule has 32 heavy (non-hydrogen) atoms. The van der Waals surface area contributed by atoms with Gasteiger partial charge in [0.15, 0.2) is 6.17 Å². The molecule has 0 unspecified atom stereocenters. The van der Waals surface area contributed by atoms with Crippen LogP contribution in [0.25, 0.3) is 28.2 Å². The third-order valence-electron chi connectivity index (χ3n) is 6.04. The average Bonchev–Trinajstić information content (AvgIpc) is 3.44. The number of rotatable bonds is 3. The minimum Gasteiger partial charge on any atom is -0.359 e. The van der Waals surface area contributed by atoms with Crippen molar-refractivity contribution in [2.75, 3.05) is 5.32 Å². The molecule has 5 nitrogen and oxygen atoms in total. The number of nitrogens with zero attached hydrogens (tertiary/aromatic N) is 4. The van der Waals surface area contributed by atoms with E-state index in [9.17, 15) is 0 Å². The third kappa shape index (κ3) is 2.94. The van der Waals surface area contributed by atoms with Gasteiger partial charge in [0.1, 0.15) is 0 Å². The third-order valence-corrected chi connectivity index (χ3v) is 6.04. The first-order valence-electron chi connectivity index (χ1n) is 10.8. The van der Waals surface area contributed by atoms with Crippen molar-refractivity contribution in [1.82, 2.24) is 19.6 Å². The van der Waals surface area contributed by atoms with E-state index in [1.165, 1.54) is 11.1 Å². The highest BCUT2D eigenvalue weighted by Gasteiger charge is 2.30. The molecule has 1 aliphatic heterocycles. The van der Waals surface area contributed by atoms with E-state index < -0.39 is 0 Å². The topological polar surface area (TPSA) is 47.7 Å². The number of aromatic nitrogens is 4. The van der Waals surface area contributed by atoms with Gasteiger partial charge in [0.2, 0.25) is 0 Å². The van der Waals surface area contributed by atoms with Crippen molar-refractivity contribution in [2.24, 2.45) is 0 Å². The van der Waals surface area contributed by atoms with E-state index in [0.717, 1.165) is 39.6 Å². The molecule has 2 aromatic heterocycles. The second kappa shape index (κ2) is 7.24. The average molecular weight is 418 g/mol. The van der Waals surface area contributed by atoms with Gasteiger partial charge in [-0.25, -0.2) is 9.36 Å². The van der Waals surface area contributed by atoms with Crippen LogP contribution in [0.3, 0.4) is 0 Å². The standard InChI is InChI=1S/C27H23N5/c1-18-10-9-15-22-24-16-19(2)29-32(24)27(28-25(18)22)23-17-31(21-13-7-4-8-14-21)30-26(23)20-11-5-3-6-12-20/h3-17,27-28H,1-2H3/t27-/m1/s1. The summed E-state index contributed by atoms with van der Waals surface area (Å²) in [5.41, 5.74) is 9.81. The van der Waals surface area contributed by atoms with Gasteiger partial charge in [-0.05, 0) is 37.6 Å². The van der Waals surface area contributed by atoms with Gasteiger partial charge in [0.25, 0.3) is 0 Å². The second-order valence-corrected chi connectivity index (χ2v) is 8.24. The number of hydrogen-bond acceptors (Lipinski definition) is 3. The largest absolute Gasteiger partial charge is 0.359 e. The molecular weight excluding hydrogens is 394 g/mol. The fourth-order valence-electron chi connectivity index (χ4n) is 4.52. The minimum atomic E-state index is -0.167. The van der Waals surface area contributed by atoms with Crippen molar-refractivity contribution in [1.29, 1.82) is 0 Å². The molecule has 0 saturated heterocycles. The first kappa shape index (κ1) is 18.6. The molecule has 3 heterocycles. The normalized spacial score (nSPS) is 14.5. The Morgan fingerprint density at radius 2 is 1.56 bits per heavy atom. The highest BCUT2D eigenvalue weighted by atomic mass is 15.4. The van der Waals surface area contributed by atoms with E-state index in [1.54, 1.807) is 0 Å². The molecule has 5 aromatic rings. The van der Waals surface area contributed by atoms with Gasteiger partial charge in [-0.1, -0.05) is 66.7 Å². The minimum absolute atomic E-state index is 0.167. The maximum Gasteiger partial charge on any atom is 0.151 e. The van der Waals surface area contributed by atoms with Gasteiger partial charge < -0.3 is 5.32 Å². The number of benzene rings is 3. The Balaban J connectivity index is 1.58. The Morgan fingerprint density at radius 3 is 2.34 bits per heavy atom. The lowest BCUT2D eigenvalue weighted by Gasteiger charge is -2.30. The van der Waals surface area contributed by atoms with Crippen molar-refractivity contribution in [3.05, 3.63) is 108 Å². The fourth-order valence-corrected chi connectivity index (χ4v) is 4.52. The predicted molar refractivity (Wildman–Crippen MR) is 128 cm³/mol. The summed E-state index contributed by atoms with van der Waals surface area (Å²) in [7, 11) is 0. The van der Waals surface area contributed by atoms with Crippen LogP contribution in [0.1, 0.15) is 23.0 Å². The molecule has 3 aromatic carbocycles. The number of para-hydroxylation sites is 2. The van der Waals surface area contributed by atoms with Gasteiger partial charge in [0, 0.05) is 28.6 Å². The maximum absolute atomic E-state index is 5.02. The van der Waals surface area contributed by atoms with Crippen LogP contribution in [0.15, 0.2) is 91.1 Å². The first-order chi connectivity index (χ1) is 15.7. The van der Waals surface area contributed by atoms with Gasteiger partial charge in [0.05, 0.1) is 22.8 Å². The zero-order valence-electron chi connectivity index (χ0n) is 18.0. The van der Waals surface area contributed by atoms with E-state index in [2.05, 4.69) is 83.8 Å². The monoisotopic (exact) mass is 417 g/mol. The molecular formula is C27H23N5. The van der Waals surface area contributed by atoms with Crippen molar-refractivity contribution < 1.29 is 0 Å². The molecule has 1 N–H and O–H groups in total. The second-order valence-electron chi connectivity index (χ2n) is 8.24. The number of aryl methyl sites for hydroxylation is 2. The van der Waals surface area contributed by atoms with Crippen LogP contribution in [-0.2, 0) is 0 Å². The van der Waals surface area contributed by atoms with Crippen molar-refractivity contribution in [3.63, 3.8) is 0 Å². The zero-order valence-corrected chi connectivity index (χ0v) is 18.0. The van der Waals surface area contributed by atoms with E-state index >= 15 is 0 Å². The van der Waals surface area contributed by atoms with Crippen molar-refractivity contribution in [2.45, 2.75) is 20.0 Å². The molecule has 0 bridgehead atoms. The van der Waals surface area contributed by atoms with Crippen LogP contribution in [0.5, 0.6) is 0 Å². The van der Waals surface area contributed by atoms with Gasteiger partial charge in [-0.3, -0.25) is 0 Å². The molecule has 0 saturated carbocycles. The van der Waals surface area contributed by atoms with E-state index in [0.29, 0.717) is 0 Å². The summed E-state index contributed by atoms with van der Waals surface area (Å²) < 4.78 is 4.05. The SMILES string of the molecule is Cc1cc2n(n1)[C@H](c1cn(-c3ccccc3)nc1-c1ccccc1)Nc1c(C)cccc1-2. The zero-order chi connectivity index (χ0) is 21.7. The molecule has 0 amide bonds. The highest BCUT2D eigenvalue weighted by molar-refractivity contribution is 5.81. The van der Waals surface area contributed by atoms with Gasteiger partial charge in [-0.2, -0.15) is 10.2 Å².